The summed E-state index contributed by atoms with van der Waals surface area (Å²) >= 11 is 1.64. The van der Waals surface area contributed by atoms with E-state index in [1.54, 1.807) is 11.3 Å². The van der Waals surface area contributed by atoms with E-state index >= 15 is 0 Å². The Hall–Kier alpha value is -3.13. The minimum Gasteiger partial charge on any atom is -0.494 e. The van der Waals surface area contributed by atoms with E-state index in [2.05, 4.69) is 39.5 Å². The molecule has 1 aliphatic rings. The third-order valence-corrected chi connectivity index (χ3v) is 6.79. The Kier molecular flexibility index (Phi) is 7.78. The lowest BCUT2D eigenvalue weighted by Crippen LogP contribution is -2.33. The van der Waals surface area contributed by atoms with Crippen LogP contribution in [0.1, 0.15) is 42.5 Å². The lowest BCUT2D eigenvalue weighted by atomic mass is 9.97. The smallest absolute Gasteiger partial charge is 0.407 e. The van der Waals surface area contributed by atoms with Crippen LogP contribution in [0.15, 0.2) is 48.8 Å². The average molecular weight is 467 g/mol. The highest BCUT2D eigenvalue weighted by atomic mass is 32.1. The second-order valence-electron chi connectivity index (χ2n) is 7.90. The van der Waals surface area contributed by atoms with Crippen molar-refractivity contribution in [2.45, 2.75) is 39.2 Å². The monoisotopic (exact) mass is 466 g/mol. The quantitative estimate of drug-likeness (QED) is 0.490. The van der Waals surface area contributed by atoms with Gasteiger partial charge in [0, 0.05) is 43.5 Å². The zero-order chi connectivity index (χ0) is 23.0. The molecule has 1 saturated heterocycles. The van der Waals surface area contributed by atoms with Crippen LogP contribution in [0.5, 0.6) is 5.75 Å². The van der Waals surface area contributed by atoms with E-state index in [4.69, 9.17) is 14.5 Å². The highest BCUT2D eigenvalue weighted by molar-refractivity contribution is 7.11. The van der Waals surface area contributed by atoms with Crippen LogP contribution in [0.3, 0.4) is 0 Å². The molecular weight excluding hydrogens is 436 g/mol. The largest absolute Gasteiger partial charge is 0.494 e. The van der Waals surface area contributed by atoms with Gasteiger partial charge in [0.05, 0.1) is 16.5 Å². The van der Waals surface area contributed by atoms with Crippen LogP contribution in [0.4, 0.5) is 10.6 Å². The number of carbonyl (C=O) groups is 1. The van der Waals surface area contributed by atoms with Gasteiger partial charge < -0.3 is 19.7 Å². The highest BCUT2D eigenvalue weighted by Gasteiger charge is 2.24. The number of amides is 1. The molecule has 0 bridgehead atoms. The summed E-state index contributed by atoms with van der Waals surface area (Å²) in [5.41, 5.74) is 2.23. The number of pyridine rings is 1. The van der Waals surface area contributed by atoms with Crippen molar-refractivity contribution in [3.63, 3.8) is 0 Å². The molecule has 3 heterocycles. The molecule has 0 unspecified atom stereocenters. The lowest BCUT2D eigenvalue weighted by molar-refractivity contribution is 0.141. The molecule has 1 N–H and O–H groups in total. The van der Waals surface area contributed by atoms with E-state index in [0.29, 0.717) is 19.1 Å². The molecule has 1 aliphatic heterocycles. The minimum atomic E-state index is -0.387. The van der Waals surface area contributed by atoms with Crippen molar-refractivity contribution in [1.29, 1.82) is 0 Å². The number of hydrogen-bond donors (Lipinski definition) is 1. The maximum Gasteiger partial charge on any atom is 0.407 e. The number of ether oxygens (including phenoxy) is 2. The Morgan fingerprint density at radius 1 is 1.06 bits per heavy atom. The Labute approximate surface area is 198 Å². The fourth-order valence-corrected chi connectivity index (χ4v) is 4.92. The first-order chi connectivity index (χ1) is 16.2. The Morgan fingerprint density at radius 3 is 2.48 bits per heavy atom. The van der Waals surface area contributed by atoms with Crippen LogP contribution in [-0.4, -0.2) is 42.3 Å². The van der Waals surface area contributed by atoms with Gasteiger partial charge in [-0.15, -0.1) is 11.3 Å². The molecule has 8 heteroatoms. The number of nitrogens with zero attached hydrogens (tertiary/aromatic N) is 3. The molecule has 0 saturated carbocycles. The van der Waals surface area contributed by atoms with Crippen LogP contribution < -0.4 is 15.0 Å². The van der Waals surface area contributed by atoms with Gasteiger partial charge in [-0.1, -0.05) is 12.1 Å². The summed E-state index contributed by atoms with van der Waals surface area (Å²) in [5, 5.41) is 3.76. The number of benzene rings is 1. The molecule has 1 aromatic carbocycles. The maximum absolute atomic E-state index is 11.5. The number of alkyl carbamates (subject to hydrolysis) is 1. The number of thiazole rings is 1. The van der Waals surface area contributed by atoms with Gasteiger partial charge in [-0.05, 0) is 56.5 Å². The minimum absolute atomic E-state index is 0.271. The van der Waals surface area contributed by atoms with Crippen molar-refractivity contribution in [3.8, 4) is 16.9 Å². The molecule has 0 radical (unpaired) electrons. The molecule has 0 spiro atoms. The zero-order valence-corrected chi connectivity index (χ0v) is 19.9. The lowest BCUT2D eigenvalue weighted by Gasteiger charge is -2.32. The van der Waals surface area contributed by atoms with E-state index in [1.807, 2.05) is 38.4 Å². The van der Waals surface area contributed by atoms with E-state index < -0.39 is 0 Å². The number of aromatic nitrogens is 2. The summed E-state index contributed by atoms with van der Waals surface area (Å²) in [4.78, 5) is 24.1. The van der Waals surface area contributed by atoms with Gasteiger partial charge in [-0.25, -0.2) is 14.8 Å². The fourth-order valence-electron chi connectivity index (χ4n) is 3.92. The standard InChI is InChI=1S/C25H30N4O3S/c1-3-26-25(30)32-17-22-16-28-24(33-22)19-11-13-29(14-12-19)23-10-7-20(15-27-23)18-5-8-21(9-6-18)31-4-2/h5-10,15-16,19H,3-4,11-14,17H2,1-2H3,(H,26,30). The summed E-state index contributed by atoms with van der Waals surface area (Å²) in [7, 11) is 0. The SMILES string of the molecule is CCNC(=O)OCc1cnc(C2CCN(c3ccc(-c4ccc(OCC)cc4)cn3)CC2)s1. The summed E-state index contributed by atoms with van der Waals surface area (Å²) < 4.78 is 10.7. The summed E-state index contributed by atoms with van der Waals surface area (Å²) in [6.07, 6.45) is 5.45. The predicted molar refractivity (Wildman–Crippen MR) is 131 cm³/mol. The highest BCUT2D eigenvalue weighted by Crippen LogP contribution is 2.33. The van der Waals surface area contributed by atoms with E-state index in [0.717, 1.165) is 58.5 Å². The second kappa shape index (κ2) is 11.1. The molecule has 2 aromatic heterocycles. The normalized spacial score (nSPS) is 14.2. The number of nitrogens with one attached hydrogen (secondary N) is 1. The van der Waals surface area contributed by atoms with Crippen LogP contribution in [0.25, 0.3) is 11.1 Å². The van der Waals surface area contributed by atoms with Gasteiger partial charge in [0.25, 0.3) is 0 Å². The topological polar surface area (TPSA) is 76.6 Å². The summed E-state index contributed by atoms with van der Waals surface area (Å²) in [6.45, 7) is 7.25. The molecule has 0 atom stereocenters. The molecule has 1 fully saturated rings. The van der Waals surface area contributed by atoms with Gasteiger partial charge in [0.15, 0.2) is 0 Å². The van der Waals surface area contributed by atoms with Gasteiger partial charge >= 0.3 is 6.09 Å². The third kappa shape index (κ3) is 6.01. The third-order valence-electron chi connectivity index (χ3n) is 5.65. The molecule has 1 amide bonds. The predicted octanol–water partition coefficient (Wildman–Crippen LogP) is 5.23. The van der Waals surface area contributed by atoms with Crippen molar-refractivity contribution in [2.24, 2.45) is 0 Å². The number of anilines is 1. The van der Waals surface area contributed by atoms with E-state index in [9.17, 15) is 4.79 Å². The van der Waals surface area contributed by atoms with Gasteiger partial charge in [0.1, 0.15) is 18.2 Å². The van der Waals surface area contributed by atoms with Crippen LogP contribution in [0, 0.1) is 0 Å². The van der Waals surface area contributed by atoms with Crippen molar-refractivity contribution < 1.29 is 14.3 Å². The first-order valence-electron chi connectivity index (χ1n) is 11.5. The summed E-state index contributed by atoms with van der Waals surface area (Å²) in [5.74, 6) is 2.33. The second-order valence-corrected chi connectivity index (χ2v) is 9.04. The molecule has 33 heavy (non-hydrogen) atoms. The van der Waals surface area contributed by atoms with Gasteiger partial charge in [-0.3, -0.25) is 0 Å². The molecule has 3 aromatic rings. The van der Waals surface area contributed by atoms with Crippen molar-refractivity contribution in [2.75, 3.05) is 31.1 Å². The maximum atomic E-state index is 11.5. The molecule has 4 rings (SSSR count). The average Bonchev–Trinajstić information content (AvgIpc) is 3.33. The van der Waals surface area contributed by atoms with Crippen molar-refractivity contribution in [3.05, 3.63) is 58.7 Å². The van der Waals surface area contributed by atoms with E-state index in [-0.39, 0.29) is 12.7 Å². The van der Waals surface area contributed by atoms with Crippen LogP contribution >= 0.6 is 11.3 Å². The Morgan fingerprint density at radius 2 is 1.82 bits per heavy atom. The number of piperidine rings is 1. The van der Waals surface area contributed by atoms with Crippen LogP contribution in [0.2, 0.25) is 0 Å². The zero-order valence-electron chi connectivity index (χ0n) is 19.1. The summed E-state index contributed by atoms with van der Waals surface area (Å²) in [6, 6.07) is 12.4. The number of rotatable bonds is 8. The number of hydrogen-bond acceptors (Lipinski definition) is 7. The van der Waals surface area contributed by atoms with E-state index in [1.165, 1.54) is 0 Å². The Bertz CT molecular complexity index is 1030. The van der Waals surface area contributed by atoms with Crippen LogP contribution in [-0.2, 0) is 11.3 Å². The molecular formula is C25H30N4O3S. The molecule has 7 nitrogen and oxygen atoms in total. The van der Waals surface area contributed by atoms with Crippen molar-refractivity contribution >= 4 is 23.2 Å². The van der Waals surface area contributed by atoms with Gasteiger partial charge in [-0.2, -0.15) is 0 Å². The first kappa shape index (κ1) is 23.0. The molecule has 174 valence electrons. The van der Waals surface area contributed by atoms with Crippen molar-refractivity contribution in [1.82, 2.24) is 15.3 Å². The molecule has 0 aliphatic carbocycles. The van der Waals surface area contributed by atoms with Gasteiger partial charge in [0.2, 0.25) is 0 Å². The Balaban J connectivity index is 1.29. The first-order valence-corrected chi connectivity index (χ1v) is 12.3. The fraction of sp³-hybridized carbons (Fsp3) is 0.400. The number of carbonyl (C=O) groups excluding carboxylic acids is 1.